The fraction of sp³-hybridized carbons (Fsp3) is 0.190. The van der Waals surface area contributed by atoms with Crippen LogP contribution >= 0.6 is 0 Å². The summed E-state index contributed by atoms with van der Waals surface area (Å²) in [5.74, 6) is -0.386. The van der Waals surface area contributed by atoms with Gasteiger partial charge in [0.1, 0.15) is 11.5 Å². The number of amides is 1. The van der Waals surface area contributed by atoms with Crippen molar-refractivity contribution < 1.29 is 9.18 Å². The van der Waals surface area contributed by atoms with Gasteiger partial charge in [-0.15, -0.1) is 0 Å². The zero-order valence-corrected chi connectivity index (χ0v) is 15.0. The minimum Gasteiger partial charge on any atom is -0.330 e. The molecular weight excluding hydrogens is 357 g/mol. The topological polar surface area (TPSA) is 66.8 Å². The highest BCUT2D eigenvalue weighted by Gasteiger charge is 2.34. The fourth-order valence-corrected chi connectivity index (χ4v) is 3.68. The van der Waals surface area contributed by atoms with E-state index in [1.54, 1.807) is 29.4 Å². The van der Waals surface area contributed by atoms with Crippen molar-refractivity contribution in [3.63, 3.8) is 0 Å². The van der Waals surface area contributed by atoms with Gasteiger partial charge in [-0.05, 0) is 42.3 Å². The van der Waals surface area contributed by atoms with E-state index in [4.69, 9.17) is 0 Å². The second-order valence-corrected chi connectivity index (χ2v) is 6.99. The molecule has 28 heavy (non-hydrogen) atoms. The number of carbonyl (C=O) groups excluding carboxylic acids is 1. The number of nitrogens with zero attached hydrogens (tertiary/aromatic N) is 4. The normalized spacial score (nSPS) is 16.3. The Bertz CT molecular complexity index is 1150. The monoisotopic (exact) mass is 375 g/mol. The average molecular weight is 375 g/mol. The molecule has 0 spiro atoms. The van der Waals surface area contributed by atoms with E-state index in [1.807, 2.05) is 28.8 Å². The molecule has 5 rings (SSSR count). The summed E-state index contributed by atoms with van der Waals surface area (Å²) in [6.45, 7) is 1.23. The molecule has 1 unspecified atom stereocenters. The van der Waals surface area contributed by atoms with Crippen molar-refractivity contribution in [3.05, 3.63) is 83.7 Å². The molecule has 1 aliphatic rings. The third-order valence-corrected chi connectivity index (χ3v) is 5.25. The maximum atomic E-state index is 13.1. The van der Waals surface area contributed by atoms with Crippen LogP contribution in [0.2, 0.25) is 0 Å². The predicted molar refractivity (Wildman–Crippen MR) is 102 cm³/mol. The summed E-state index contributed by atoms with van der Waals surface area (Å²) in [4.78, 5) is 19.0. The molecule has 0 bridgehead atoms. The van der Waals surface area contributed by atoms with Gasteiger partial charge in [-0.1, -0.05) is 24.3 Å². The maximum absolute atomic E-state index is 13.1. The minimum atomic E-state index is -0.273. The lowest BCUT2D eigenvalue weighted by Crippen LogP contribution is -2.45. The molecule has 140 valence electrons. The Hall–Kier alpha value is -3.48. The lowest BCUT2D eigenvalue weighted by Gasteiger charge is -2.41. The van der Waals surface area contributed by atoms with Gasteiger partial charge < -0.3 is 9.47 Å². The van der Waals surface area contributed by atoms with E-state index in [0.29, 0.717) is 18.8 Å². The summed E-state index contributed by atoms with van der Waals surface area (Å²) in [5.41, 5.74) is 4.14. The van der Waals surface area contributed by atoms with E-state index in [9.17, 15) is 9.18 Å². The number of benzene rings is 2. The predicted octanol–water partition coefficient (Wildman–Crippen LogP) is 3.53. The molecular formula is C21H18FN5O. The Labute approximate surface area is 160 Å². The van der Waals surface area contributed by atoms with Crippen LogP contribution in [0.5, 0.6) is 0 Å². The standard InChI is InChI=1S/C21H18FN5O/c22-15-7-5-14(6-8-15)19-9-10-27(19)21(28)18-11-16(24-25-18)12-26-13-23-17-3-1-2-4-20(17)26/h1-8,11,13,19H,9-10,12H2,(H,24,25). The number of hydrogen-bond acceptors (Lipinski definition) is 3. The van der Waals surface area contributed by atoms with Gasteiger partial charge in [0.15, 0.2) is 0 Å². The molecule has 2 aromatic carbocycles. The average Bonchev–Trinajstić information content (AvgIpc) is 3.31. The number of halogens is 1. The van der Waals surface area contributed by atoms with E-state index in [0.717, 1.165) is 28.7 Å². The first-order valence-corrected chi connectivity index (χ1v) is 9.19. The van der Waals surface area contributed by atoms with Crippen molar-refractivity contribution in [2.24, 2.45) is 0 Å². The van der Waals surface area contributed by atoms with Crippen LogP contribution in [-0.4, -0.2) is 37.1 Å². The van der Waals surface area contributed by atoms with Crippen molar-refractivity contribution in [1.82, 2.24) is 24.6 Å². The van der Waals surface area contributed by atoms with E-state index < -0.39 is 0 Å². The Morgan fingerprint density at radius 1 is 1.18 bits per heavy atom. The van der Waals surface area contributed by atoms with E-state index in [1.165, 1.54) is 12.1 Å². The molecule has 2 aromatic heterocycles. The van der Waals surface area contributed by atoms with Gasteiger partial charge in [-0.3, -0.25) is 9.89 Å². The van der Waals surface area contributed by atoms with E-state index in [-0.39, 0.29) is 17.8 Å². The van der Waals surface area contributed by atoms with Crippen LogP contribution in [0.3, 0.4) is 0 Å². The van der Waals surface area contributed by atoms with Crippen molar-refractivity contribution in [2.45, 2.75) is 19.0 Å². The number of fused-ring (bicyclic) bond motifs is 1. The fourth-order valence-electron chi connectivity index (χ4n) is 3.68. The van der Waals surface area contributed by atoms with Crippen molar-refractivity contribution in [2.75, 3.05) is 6.54 Å². The highest BCUT2D eigenvalue weighted by atomic mass is 19.1. The van der Waals surface area contributed by atoms with Crippen LogP contribution in [0.4, 0.5) is 4.39 Å². The van der Waals surface area contributed by atoms with Gasteiger partial charge in [0.25, 0.3) is 5.91 Å². The van der Waals surface area contributed by atoms with Gasteiger partial charge in [0.05, 0.1) is 35.6 Å². The molecule has 7 heteroatoms. The highest BCUT2D eigenvalue weighted by molar-refractivity contribution is 5.93. The summed E-state index contributed by atoms with van der Waals surface area (Å²) in [6, 6.07) is 16.0. The lowest BCUT2D eigenvalue weighted by molar-refractivity contribution is 0.0454. The van der Waals surface area contributed by atoms with Crippen molar-refractivity contribution in [3.8, 4) is 0 Å². The molecule has 4 aromatic rings. The molecule has 0 radical (unpaired) electrons. The lowest BCUT2D eigenvalue weighted by atomic mass is 9.94. The summed E-state index contributed by atoms with van der Waals surface area (Å²) >= 11 is 0. The number of aromatic nitrogens is 4. The number of carbonyl (C=O) groups is 1. The van der Waals surface area contributed by atoms with Gasteiger partial charge in [-0.25, -0.2) is 9.37 Å². The molecule has 1 fully saturated rings. The highest BCUT2D eigenvalue weighted by Crippen LogP contribution is 2.34. The van der Waals surface area contributed by atoms with Gasteiger partial charge >= 0.3 is 0 Å². The van der Waals surface area contributed by atoms with Gasteiger partial charge in [-0.2, -0.15) is 5.10 Å². The van der Waals surface area contributed by atoms with Crippen LogP contribution in [0.15, 0.2) is 60.9 Å². The number of likely N-dealkylation sites (tertiary alicyclic amines) is 1. The largest absolute Gasteiger partial charge is 0.330 e. The molecule has 1 N–H and O–H groups in total. The number of nitrogens with one attached hydrogen (secondary N) is 1. The van der Waals surface area contributed by atoms with Crippen LogP contribution < -0.4 is 0 Å². The molecule has 1 aliphatic heterocycles. The zero-order valence-electron chi connectivity index (χ0n) is 15.0. The first-order chi connectivity index (χ1) is 13.7. The van der Waals surface area contributed by atoms with Crippen molar-refractivity contribution in [1.29, 1.82) is 0 Å². The summed E-state index contributed by atoms with van der Waals surface area (Å²) in [7, 11) is 0. The molecule has 0 aliphatic carbocycles. The summed E-state index contributed by atoms with van der Waals surface area (Å²) < 4.78 is 15.2. The number of aromatic amines is 1. The first-order valence-electron chi connectivity index (χ1n) is 9.19. The Kier molecular flexibility index (Phi) is 3.93. The van der Waals surface area contributed by atoms with Gasteiger partial charge in [0.2, 0.25) is 0 Å². The summed E-state index contributed by atoms with van der Waals surface area (Å²) in [6.07, 6.45) is 2.66. The number of rotatable bonds is 4. The molecule has 0 saturated carbocycles. The van der Waals surface area contributed by atoms with Crippen LogP contribution in [0.25, 0.3) is 11.0 Å². The second kappa shape index (κ2) is 6.60. The van der Waals surface area contributed by atoms with E-state index >= 15 is 0 Å². The third kappa shape index (κ3) is 2.85. The maximum Gasteiger partial charge on any atom is 0.274 e. The van der Waals surface area contributed by atoms with Crippen molar-refractivity contribution >= 4 is 16.9 Å². The molecule has 6 nitrogen and oxygen atoms in total. The SMILES string of the molecule is O=C(c1cc(Cn2cnc3ccccc32)[nH]n1)N1CCC1c1ccc(F)cc1. The Balaban J connectivity index is 1.33. The number of hydrogen-bond donors (Lipinski definition) is 1. The van der Waals surface area contributed by atoms with Gasteiger partial charge in [0, 0.05) is 6.54 Å². The third-order valence-electron chi connectivity index (χ3n) is 5.25. The van der Waals surface area contributed by atoms with Crippen LogP contribution in [0, 0.1) is 5.82 Å². The zero-order chi connectivity index (χ0) is 19.1. The first kappa shape index (κ1) is 16.7. The second-order valence-electron chi connectivity index (χ2n) is 6.99. The quantitative estimate of drug-likeness (QED) is 0.593. The molecule has 3 heterocycles. The molecule has 1 saturated heterocycles. The molecule has 1 amide bonds. The molecule has 1 atom stereocenters. The van der Waals surface area contributed by atoms with Crippen LogP contribution in [0.1, 0.15) is 34.2 Å². The number of para-hydroxylation sites is 2. The Morgan fingerprint density at radius 2 is 2.00 bits per heavy atom. The summed E-state index contributed by atoms with van der Waals surface area (Å²) in [5, 5.41) is 7.17. The van der Waals surface area contributed by atoms with E-state index in [2.05, 4.69) is 15.2 Å². The van der Waals surface area contributed by atoms with Crippen LogP contribution in [-0.2, 0) is 6.54 Å². The number of imidazole rings is 1. The smallest absolute Gasteiger partial charge is 0.274 e. The number of H-pyrrole nitrogens is 1. The minimum absolute atomic E-state index is 0.0224. The Morgan fingerprint density at radius 3 is 2.79 bits per heavy atom.